The molecule has 0 saturated heterocycles. The Morgan fingerprint density at radius 1 is 1.25 bits per heavy atom. The minimum atomic E-state index is -4.50. The highest BCUT2D eigenvalue weighted by atomic mass is 79.9. The summed E-state index contributed by atoms with van der Waals surface area (Å²) < 4.78 is 59.6. The standard InChI is InChI=1S/C9H14BrF3O2S/c10-8(9(11,12)13)6-16(14,15)5-7-3-1-2-4-7/h7-8H,1-6H2. The number of hydrogen-bond acceptors (Lipinski definition) is 2. The fourth-order valence-electron chi connectivity index (χ4n) is 1.92. The Morgan fingerprint density at radius 2 is 1.75 bits per heavy atom. The van der Waals surface area contributed by atoms with Gasteiger partial charge < -0.3 is 0 Å². The van der Waals surface area contributed by atoms with Crippen LogP contribution in [0.25, 0.3) is 0 Å². The quantitative estimate of drug-likeness (QED) is 0.746. The molecule has 1 saturated carbocycles. The molecule has 0 aliphatic heterocycles. The van der Waals surface area contributed by atoms with Crippen LogP contribution in [0.5, 0.6) is 0 Å². The summed E-state index contributed by atoms with van der Waals surface area (Å²) >= 11 is 2.38. The highest BCUT2D eigenvalue weighted by Gasteiger charge is 2.40. The van der Waals surface area contributed by atoms with Crippen molar-refractivity contribution in [2.75, 3.05) is 11.5 Å². The minimum absolute atomic E-state index is 0.0536. The van der Waals surface area contributed by atoms with Crippen molar-refractivity contribution >= 4 is 25.8 Å². The number of sulfone groups is 1. The molecule has 1 unspecified atom stereocenters. The maximum atomic E-state index is 12.2. The molecule has 1 rings (SSSR count). The van der Waals surface area contributed by atoms with E-state index in [4.69, 9.17) is 0 Å². The Morgan fingerprint density at radius 3 is 2.19 bits per heavy atom. The topological polar surface area (TPSA) is 34.1 Å². The monoisotopic (exact) mass is 322 g/mol. The third-order valence-corrected chi connectivity index (χ3v) is 5.81. The van der Waals surface area contributed by atoms with Crippen LogP contribution in [0.1, 0.15) is 25.7 Å². The largest absolute Gasteiger partial charge is 0.402 e. The maximum Gasteiger partial charge on any atom is 0.402 e. The van der Waals surface area contributed by atoms with E-state index in [0.717, 1.165) is 25.7 Å². The summed E-state index contributed by atoms with van der Waals surface area (Å²) in [4.78, 5) is -1.95. The van der Waals surface area contributed by atoms with Crippen LogP contribution < -0.4 is 0 Å². The summed E-state index contributed by atoms with van der Waals surface area (Å²) in [6, 6.07) is 0. The van der Waals surface area contributed by atoms with Gasteiger partial charge >= 0.3 is 6.18 Å². The zero-order valence-corrected chi connectivity index (χ0v) is 11.0. The van der Waals surface area contributed by atoms with Crippen LogP contribution in [0.15, 0.2) is 0 Å². The summed E-state index contributed by atoms with van der Waals surface area (Å²) in [5.41, 5.74) is 0. The number of alkyl halides is 4. The predicted molar refractivity (Wildman–Crippen MR) is 59.4 cm³/mol. The van der Waals surface area contributed by atoms with Gasteiger partial charge in [0.2, 0.25) is 0 Å². The number of hydrogen-bond donors (Lipinski definition) is 0. The first-order valence-corrected chi connectivity index (χ1v) is 7.85. The van der Waals surface area contributed by atoms with Crippen LogP contribution in [0.4, 0.5) is 13.2 Å². The van der Waals surface area contributed by atoms with E-state index in [0.29, 0.717) is 0 Å². The van der Waals surface area contributed by atoms with Crippen LogP contribution in [0.2, 0.25) is 0 Å². The van der Waals surface area contributed by atoms with Crippen molar-refractivity contribution < 1.29 is 21.6 Å². The molecule has 0 amide bonds. The average molecular weight is 323 g/mol. The summed E-state index contributed by atoms with van der Waals surface area (Å²) in [5, 5.41) is 0. The van der Waals surface area contributed by atoms with E-state index in [-0.39, 0.29) is 11.7 Å². The fourth-order valence-corrected chi connectivity index (χ4v) is 4.95. The van der Waals surface area contributed by atoms with E-state index in [1.807, 2.05) is 0 Å². The van der Waals surface area contributed by atoms with Gasteiger partial charge in [-0.3, -0.25) is 0 Å². The highest BCUT2D eigenvalue weighted by Crippen LogP contribution is 2.30. The van der Waals surface area contributed by atoms with Gasteiger partial charge in [-0.05, 0) is 18.8 Å². The highest BCUT2D eigenvalue weighted by molar-refractivity contribution is 9.09. The van der Waals surface area contributed by atoms with Gasteiger partial charge in [0.1, 0.15) is 4.83 Å². The predicted octanol–water partition coefficient (Wildman–Crippen LogP) is 2.92. The SMILES string of the molecule is O=S(=O)(CC1CCCC1)CC(Br)C(F)(F)F. The van der Waals surface area contributed by atoms with Crippen LogP contribution in [-0.4, -0.2) is 30.9 Å². The molecule has 1 fully saturated rings. The second kappa shape index (κ2) is 5.25. The molecule has 16 heavy (non-hydrogen) atoms. The fraction of sp³-hybridized carbons (Fsp3) is 1.00. The molecule has 1 aliphatic rings. The van der Waals surface area contributed by atoms with Crippen molar-refractivity contribution in [3.05, 3.63) is 0 Å². The first-order chi connectivity index (χ1) is 7.21. The summed E-state index contributed by atoms with van der Waals surface area (Å²) in [5.74, 6) is -0.906. The lowest BCUT2D eigenvalue weighted by Crippen LogP contribution is -2.32. The second-order valence-electron chi connectivity index (χ2n) is 4.24. The van der Waals surface area contributed by atoms with Crippen molar-refractivity contribution in [1.29, 1.82) is 0 Å². The van der Waals surface area contributed by atoms with Gasteiger partial charge in [0.05, 0.1) is 11.5 Å². The van der Waals surface area contributed by atoms with Crippen molar-refractivity contribution in [2.24, 2.45) is 5.92 Å². The van der Waals surface area contributed by atoms with Gasteiger partial charge in [-0.15, -0.1) is 0 Å². The number of halogens is 4. The van der Waals surface area contributed by atoms with E-state index in [2.05, 4.69) is 15.9 Å². The van der Waals surface area contributed by atoms with Gasteiger partial charge in [-0.25, -0.2) is 8.42 Å². The molecular weight excluding hydrogens is 309 g/mol. The molecule has 1 aliphatic carbocycles. The Kier molecular flexibility index (Phi) is 4.68. The second-order valence-corrected chi connectivity index (χ2v) is 7.50. The molecule has 2 nitrogen and oxygen atoms in total. The molecule has 7 heteroatoms. The van der Waals surface area contributed by atoms with Crippen LogP contribution in [-0.2, 0) is 9.84 Å². The number of rotatable bonds is 4. The van der Waals surface area contributed by atoms with E-state index < -0.39 is 26.6 Å². The maximum absolute atomic E-state index is 12.2. The summed E-state index contributed by atoms with van der Waals surface area (Å²) in [7, 11) is -3.61. The average Bonchev–Trinajstić information content (AvgIpc) is 2.52. The van der Waals surface area contributed by atoms with Crippen molar-refractivity contribution in [3.8, 4) is 0 Å². The van der Waals surface area contributed by atoms with Gasteiger partial charge in [0.15, 0.2) is 9.84 Å². The zero-order chi connectivity index (χ0) is 12.4. The molecule has 0 aromatic rings. The molecule has 0 spiro atoms. The van der Waals surface area contributed by atoms with Crippen molar-refractivity contribution in [1.82, 2.24) is 0 Å². The lowest BCUT2D eigenvalue weighted by molar-refractivity contribution is -0.123. The molecule has 0 heterocycles. The van der Waals surface area contributed by atoms with E-state index >= 15 is 0 Å². The molecule has 1 atom stereocenters. The first-order valence-electron chi connectivity index (χ1n) is 5.12. The smallest absolute Gasteiger partial charge is 0.229 e. The molecule has 0 N–H and O–H groups in total. The van der Waals surface area contributed by atoms with Gasteiger partial charge in [0, 0.05) is 0 Å². The zero-order valence-electron chi connectivity index (χ0n) is 8.63. The Balaban J connectivity index is 2.51. The summed E-state index contributed by atoms with van der Waals surface area (Å²) in [6.45, 7) is 0. The first kappa shape index (κ1) is 14.3. The van der Waals surface area contributed by atoms with E-state index in [1.54, 1.807) is 0 Å². The Hall–Kier alpha value is 0.220. The van der Waals surface area contributed by atoms with Gasteiger partial charge in [-0.1, -0.05) is 28.8 Å². The normalized spacial score (nSPS) is 21.2. The molecule has 0 aromatic heterocycles. The molecule has 0 radical (unpaired) electrons. The third kappa shape index (κ3) is 4.61. The van der Waals surface area contributed by atoms with Crippen LogP contribution >= 0.6 is 15.9 Å². The molecule has 0 bridgehead atoms. The molecular formula is C9H14BrF3O2S. The molecule has 0 aromatic carbocycles. The van der Waals surface area contributed by atoms with Crippen LogP contribution in [0.3, 0.4) is 0 Å². The van der Waals surface area contributed by atoms with Gasteiger partial charge in [-0.2, -0.15) is 13.2 Å². The summed E-state index contributed by atoms with van der Waals surface area (Å²) in [6.07, 6.45) is -0.895. The van der Waals surface area contributed by atoms with Crippen LogP contribution in [0, 0.1) is 5.92 Å². The van der Waals surface area contributed by atoms with E-state index in [9.17, 15) is 21.6 Å². The van der Waals surface area contributed by atoms with E-state index in [1.165, 1.54) is 0 Å². The Bertz CT molecular complexity index is 320. The van der Waals surface area contributed by atoms with Crippen molar-refractivity contribution in [3.63, 3.8) is 0 Å². The molecule has 96 valence electrons. The van der Waals surface area contributed by atoms with Crippen molar-refractivity contribution in [2.45, 2.75) is 36.7 Å². The lowest BCUT2D eigenvalue weighted by Gasteiger charge is -2.15. The third-order valence-electron chi connectivity index (χ3n) is 2.72. The Labute approximate surface area is 102 Å². The minimum Gasteiger partial charge on any atom is -0.229 e. The van der Waals surface area contributed by atoms with Gasteiger partial charge in [0.25, 0.3) is 0 Å². The lowest BCUT2D eigenvalue weighted by atomic mass is 10.1.